The number of esters is 1. The molecular weight excluding hydrogens is 376 g/mol. The van der Waals surface area contributed by atoms with Crippen LogP contribution in [0.3, 0.4) is 0 Å². The summed E-state index contributed by atoms with van der Waals surface area (Å²) >= 11 is 0. The van der Waals surface area contributed by atoms with Crippen LogP contribution in [0, 0.1) is 0 Å². The second-order valence-electron chi connectivity index (χ2n) is 6.53. The van der Waals surface area contributed by atoms with Gasteiger partial charge in [0.1, 0.15) is 0 Å². The van der Waals surface area contributed by atoms with Crippen molar-refractivity contribution in [2.75, 3.05) is 31.0 Å². The van der Waals surface area contributed by atoms with Gasteiger partial charge in [-0.25, -0.2) is 4.79 Å². The second-order valence-corrected chi connectivity index (χ2v) is 6.53. The van der Waals surface area contributed by atoms with E-state index >= 15 is 0 Å². The van der Waals surface area contributed by atoms with Gasteiger partial charge in [0.05, 0.1) is 31.2 Å². The minimum absolute atomic E-state index is 0.152. The molecule has 2 amide bonds. The van der Waals surface area contributed by atoms with Crippen LogP contribution < -0.4 is 19.7 Å². The number of ether oxygens (including phenoxy) is 3. The van der Waals surface area contributed by atoms with Crippen molar-refractivity contribution in [3.63, 3.8) is 0 Å². The average molecular weight is 398 g/mol. The molecule has 0 saturated carbocycles. The van der Waals surface area contributed by atoms with Crippen molar-refractivity contribution in [1.82, 2.24) is 0 Å². The molecule has 3 rings (SSSR count). The van der Waals surface area contributed by atoms with Crippen LogP contribution in [-0.4, -0.2) is 44.7 Å². The lowest BCUT2D eigenvalue weighted by Crippen LogP contribution is -2.41. The number of benzene rings is 2. The zero-order valence-corrected chi connectivity index (χ0v) is 16.4. The molecule has 1 atom stereocenters. The summed E-state index contributed by atoms with van der Waals surface area (Å²) < 4.78 is 15.6. The number of amides is 2. The van der Waals surface area contributed by atoms with E-state index in [9.17, 15) is 14.4 Å². The second kappa shape index (κ2) is 8.64. The smallest absolute Gasteiger partial charge is 0.337 e. The molecule has 0 bridgehead atoms. The van der Waals surface area contributed by atoms with E-state index in [1.54, 1.807) is 35.2 Å². The van der Waals surface area contributed by atoms with Crippen LogP contribution in [0.15, 0.2) is 42.5 Å². The highest BCUT2D eigenvalue weighted by Gasteiger charge is 2.29. The molecule has 1 aliphatic heterocycles. The summed E-state index contributed by atoms with van der Waals surface area (Å²) in [7, 11) is 2.73. The Kier molecular flexibility index (Phi) is 6.01. The fourth-order valence-corrected chi connectivity index (χ4v) is 3.21. The minimum atomic E-state index is -0.502. The summed E-state index contributed by atoms with van der Waals surface area (Å²) in [4.78, 5) is 38.3. The predicted octanol–water partition coefficient (Wildman–Crippen LogP) is 2.62. The molecule has 0 saturated heterocycles. The zero-order valence-electron chi connectivity index (χ0n) is 16.4. The molecule has 2 aromatic rings. The molecule has 1 aliphatic rings. The number of hydrogen-bond donors (Lipinski definition) is 1. The standard InChI is InChI=1S/C21H22N2O6/c1-13-10-19(24)22-15-6-4-5-7-16(15)23(13)20(25)12-29-17-9-8-14(21(26)28-3)11-18(17)27-2/h4-9,11,13H,10,12H2,1-3H3,(H,22,24)/t13-/m1/s1. The Balaban J connectivity index is 1.80. The van der Waals surface area contributed by atoms with Gasteiger partial charge in [-0.15, -0.1) is 0 Å². The maximum Gasteiger partial charge on any atom is 0.337 e. The van der Waals surface area contributed by atoms with Crippen molar-refractivity contribution in [1.29, 1.82) is 0 Å². The van der Waals surface area contributed by atoms with Gasteiger partial charge in [0.25, 0.3) is 5.91 Å². The monoisotopic (exact) mass is 398 g/mol. The number of para-hydroxylation sites is 2. The first kappa shape index (κ1) is 20.2. The summed E-state index contributed by atoms with van der Waals surface area (Å²) in [5.74, 6) is -0.333. The molecule has 8 heteroatoms. The SMILES string of the molecule is COC(=O)c1ccc(OCC(=O)N2c3ccccc3NC(=O)C[C@H]2C)c(OC)c1. The largest absolute Gasteiger partial charge is 0.493 e. The number of anilines is 2. The van der Waals surface area contributed by atoms with Crippen molar-refractivity contribution in [2.24, 2.45) is 0 Å². The van der Waals surface area contributed by atoms with E-state index in [1.165, 1.54) is 26.4 Å². The lowest BCUT2D eigenvalue weighted by Gasteiger charge is -2.27. The highest BCUT2D eigenvalue weighted by Crippen LogP contribution is 2.32. The Labute approximate surface area is 168 Å². The fraction of sp³-hybridized carbons (Fsp3) is 0.286. The third kappa shape index (κ3) is 4.31. The van der Waals surface area contributed by atoms with Crippen molar-refractivity contribution in [2.45, 2.75) is 19.4 Å². The number of fused-ring (bicyclic) bond motifs is 1. The van der Waals surface area contributed by atoms with E-state index in [2.05, 4.69) is 10.1 Å². The van der Waals surface area contributed by atoms with Gasteiger partial charge in [-0.2, -0.15) is 0 Å². The van der Waals surface area contributed by atoms with Crippen LogP contribution in [0.4, 0.5) is 11.4 Å². The van der Waals surface area contributed by atoms with Crippen LogP contribution in [0.2, 0.25) is 0 Å². The lowest BCUT2D eigenvalue weighted by atomic mass is 10.1. The first-order chi connectivity index (χ1) is 13.9. The molecule has 1 heterocycles. The molecular formula is C21H22N2O6. The molecule has 8 nitrogen and oxygen atoms in total. The Morgan fingerprint density at radius 3 is 2.62 bits per heavy atom. The van der Waals surface area contributed by atoms with Crippen LogP contribution >= 0.6 is 0 Å². The highest BCUT2D eigenvalue weighted by molar-refractivity contribution is 6.04. The number of methoxy groups -OCH3 is 2. The number of hydrogen-bond acceptors (Lipinski definition) is 6. The maximum atomic E-state index is 13.0. The van der Waals surface area contributed by atoms with Gasteiger partial charge < -0.3 is 24.4 Å². The van der Waals surface area contributed by atoms with E-state index in [0.717, 1.165) is 0 Å². The normalized spacial score (nSPS) is 15.6. The van der Waals surface area contributed by atoms with Crippen molar-refractivity contribution < 1.29 is 28.6 Å². The molecule has 0 radical (unpaired) electrons. The summed E-state index contributed by atoms with van der Waals surface area (Å²) in [5.41, 5.74) is 1.50. The molecule has 152 valence electrons. The molecule has 2 aromatic carbocycles. The van der Waals surface area contributed by atoms with Gasteiger partial charge in [-0.1, -0.05) is 12.1 Å². The number of nitrogens with zero attached hydrogens (tertiary/aromatic N) is 1. The third-order valence-corrected chi connectivity index (χ3v) is 4.56. The molecule has 0 unspecified atom stereocenters. The highest BCUT2D eigenvalue weighted by atomic mass is 16.5. The van der Waals surface area contributed by atoms with Gasteiger partial charge in [0.15, 0.2) is 18.1 Å². The van der Waals surface area contributed by atoms with E-state index < -0.39 is 5.97 Å². The number of nitrogens with one attached hydrogen (secondary N) is 1. The van der Waals surface area contributed by atoms with Crippen LogP contribution in [0.1, 0.15) is 23.7 Å². The van der Waals surface area contributed by atoms with E-state index in [0.29, 0.717) is 28.4 Å². The topological polar surface area (TPSA) is 94.2 Å². The summed E-state index contributed by atoms with van der Waals surface area (Å²) in [6, 6.07) is 11.4. The van der Waals surface area contributed by atoms with Gasteiger partial charge >= 0.3 is 5.97 Å². The number of rotatable bonds is 5. The van der Waals surface area contributed by atoms with Crippen LogP contribution in [0.5, 0.6) is 11.5 Å². The number of carbonyl (C=O) groups is 3. The third-order valence-electron chi connectivity index (χ3n) is 4.56. The molecule has 0 spiro atoms. The molecule has 0 fully saturated rings. The average Bonchev–Trinajstić information content (AvgIpc) is 2.85. The summed E-state index contributed by atoms with van der Waals surface area (Å²) in [6.45, 7) is 1.55. The first-order valence-corrected chi connectivity index (χ1v) is 9.04. The predicted molar refractivity (Wildman–Crippen MR) is 106 cm³/mol. The Morgan fingerprint density at radius 2 is 1.90 bits per heavy atom. The molecule has 1 N–H and O–H groups in total. The maximum absolute atomic E-state index is 13.0. The summed E-state index contributed by atoms with van der Waals surface area (Å²) in [6.07, 6.45) is 0.178. The van der Waals surface area contributed by atoms with Crippen LogP contribution in [-0.2, 0) is 14.3 Å². The molecule has 0 aliphatic carbocycles. The lowest BCUT2D eigenvalue weighted by molar-refractivity contribution is -0.121. The van der Waals surface area contributed by atoms with E-state index in [4.69, 9.17) is 9.47 Å². The Hall–Kier alpha value is -3.55. The number of carbonyl (C=O) groups excluding carboxylic acids is 3. The van der Waals surface area contributed by atoms with Crippen molar-refractivity contribution in [3.05, 3.63) is 48.0 Å². The zero-order chi connectivity index (χ0) is 21.0. The Bertz CT molecular complexity index is 943. The molecule has 0 aromatic heterocycles. The van der Waals surface area contributed by atoms with Crippen molar-refractivity contribution in [3.8, 4) is 11.5 Å². The van der Waals surface area contributed by atoms with Crippen LogP contribution in [0.25, 0.3) is 0 Å². The Morgan fingerprint density at radius 1 is 1.14 bits per heavy atom. The molecule has 29 heavy (non-hydrogen) atoms. The van der Waals surface area contributed by atoms with E-state index in [1.807, 2.05) is 6.92 Å². The minimum Gasteiger partial charge on any atom is -0.493 e. The fourth-order valence-electron chi connectivity index (χ4n) is 3.21. The van der Waals surface area contributed by atoms with Crippen molar-refractivity contribution >= 4 is 29.2 Å². The first-order valence-electron chi connectivity index (χ1n) is 9.04. The quantitative estimate of drug-likeness (QED) is 0.778. The van der Waals surface area contributed by atoms with Gasteiger partial charge in [-0.05, 0) is 37.3 Å². The summed E-state index contributed by atoms with van der Waals surface area (Å²) in [5, 5.41) is 2.81. The van der Waals surface area contributed by atoms with E-state index in [-0.39, 0.29) is 30.9 Å². The van der Waals surface area contributed by atoms with Gasteiger partial charge in [0.2, 0.25) is 5.91 Å². The van der Waals surface area contributed by atoms with Gasteiger partial charge in [0, 0.05) is 12.5 Å². The van der Waals surface area contributed by atoms with Gasteiger partial charge in [-0.3, -0.25) is 9.59 Å².